The average Bonchev–Trinajstić information content (AvgIpc) is 2.95. The Hall–Kier alpha value is -4.06. The van der Waals surface area contributed by atoms with Crippen LogP contribution >= 0.6 is 0 Å². The van der Waals surface area contributed by atoms with Crippen LogP contribution in [0.3, 0.4) is 0 Å². The van der Waals surface area contributed by atoms with Crippen molar-refractivity contribution in [3.8, 4) is 11.5 Å². The van der Waals surface area contributed by atoms with Crippen LogP contribution < -0.4 is 14.4 Å². The molecule has 1 aliphatic heterocycles. The van der Waals surface area contributed by atoms with Gasteiger partial charge < -0.3 is 19.1 Å². The van der Waals surface area contributed by atoms with Gasteiger partial charge in [-0.1, -0.05) is 49.4 Å². The van der Waals surface area contributed by atoms with Gasteiger partial charge in [0.25, 0.3) is 0 Å². The Labute approximate surface area is 222 Å². The third-order valence-corrected chi connectivity index (χ3v) is 7.14. The van der Waals surface area contributed by atoms with E-state index in [1.807, 2.05) is 24.3 Å². The van der Waals surface area contributed by atoms with Crippen LogP contribution in [0.5, 0.6) is 11.5 Å². The summed E-state index contributed by atoms with van der Waals surface area (Å²) >= 11 is 0. The second-order valence-electron chi connectivity index (χ2n) is 9.72. The average molecular weight is 514 g/mol. The van der Waals surface area contributed by atoms with Crippen LogP contribution in [0.15, 0.2) is 84.9 Å². The minimum Gasteiger partial charge on any atom is -0.486 e. The van der Waals surface area contributed by atoms with Gasteiger partial charge in [0, 0.05) is 11.8 Å². The number of carbonyl (C=O) groups is 1. The number of hydrogen-bond acceptors (Lipinski definition) is 5. The molecule has 4 aromatic rings. The van der Waals surface area contributed by atoms with E-state index in [2.05, 4.69) is 59.0 Å². The highest BCUT2D eigenvalue weighted by Gasteiger charge is 2.27. The highest BCUT2D eigenvalue weighted by Crippen LogP contribution is 2.40. The van der Waals surface area contributed by atoms with Crippen molar-refractivity contribution < 1.29 is 23.4 Å². The number of rotatable bonds is 9. The molecule has 38 heavy (non-hydrogen) atoms. The van der Waals surface area contributed by atoms with E-state index in [0.29, 0.717) is 24.0 Å². The van der Waals surface area contributed by atoms with Gasteiger partial charge in [-0.2, -0.15) is 0 Å². The molecule has 196 valence electrons. The molecule has 0 bridgehead atoms. The molecule has 0 fully saturated rings. The fourth-order valence-electron chi connectivity index (χ4n) is 5.13. The Morgan fingerprint density at radius 3 is 2.66 bits per heavy atom. The van der Waals surface area contributed by atoms with Gasteiger partial charge in [0.1, 0.15) is 23.4 Å². The molecule has 0 aliphatic carbocycles. The van der Waals surface area contributed by atoms with E-state index in [9.17, 15) is 9.18 Å². The first kappa shape index (κ1) is 25.6. The third-order valence-electron chi connectivity index (χ3n) is 7.14. The fourth-order valence-corrected chi connectivity index (χ4v) is 5.13. The summed E-state index contributed by atoms with van der Waals surface area (Å²) in [6.07, 6.45) is 2.82. The first-order chi connectivity index (χ1) is 18.5. The third kappa shape index (κ3) is 5.75. The zero-order chi connectivity index (χ0) is 26.5. The molecule has 0 aromatic heterocycles. The van der Waals surface area contributed by atoms with Gasteiger partial charge in [0.15, 0.2) is 6.61 Å². The van der Waals surface area contributed by atoms with Crippen molar-refractivity contribution in [2.24, 2.45) is 0 Å². The van der Waals surface area contributed by atoms with E-state index in [1.54, 1.807) is 6.07 Å². The Bertz CT molecular complexity index is 1400. The fraction of sp³-hybridized carbons (Fsp3) is 0.281. The van der Waals surface area contributed by atoms with Gasteiger partial charge in [0.05, 0.1) is 19.3 Å². The Morgan fingerprint density at radius 2 is 1.84 bits per heavy atom. The highest BCUT2D eigenvalue weighted by molar-refractivity contribution is 5.86. The number of nitrogens with zero attached hydrogens (tertiary/aromatic N) is 1. The van der Waals surface area contributed by atoms with Crippen LogP contribution in [0.4, 0.5) is 15.8 Å². The summed E-state index contributed by atoms with van der Waals surface area (Å²) in [6, 6.07) is 27.2. The second-order valence-corrected chi connectivity index (χ2v) is 9.72. The number of fused-ring (bicyclic) bond motifs is 2. The molecular weight excluding hydrogens is 481 g/mol. The number of hydrogen-bond donors (Lipinski definition) is 0. The molecule has 0 amide bonds. The molecule has 1 aliphatic rings. The van der Waals surface area contributed by atoms with Crippen LogP contribution in [-0.2, 0) is 9.53 Å². The second kappa shape index (κ2) is 11.5. The van der Waals surface area contributed by atoms with Crippen molar-refractivity contribution in [1.29, 1.82) is 0 Å². The lowest BCUT2D eigenvalue weighted by Gasteiger charge is -2.36. The molecule has 0 saturated carbocycles. The van der Waals surface area contributed by atoms with Crippen molar-refractivity contribution in [2.75, 3.05) is 25.2 Å². The Kier molecular flexibility index (Phi) is 7.78. The van der Waals surface area contributed by atoms with E-state index in [1.165, 1.54) is 35.6 Å². The molecule has 0 saturated heterocycles. The van der Waals surface area contributed by atoms with E-state index in [4.69, 9.17) is 9.47 Å². The van der Waals surface area contributed by atoms with E-state index < -0.39 is 5.97 Å². The van der Waals surface area contributed by atoms with Crippen LogP contribution in [0.25, 0.3) is 10.8 Å². The summed E-state index contributed by atoms with van der Waals surface area (Å²) in [5.74, 6) is 0.791. The SMILES string of the molecule is COC(=O)COc1ccc(N2CC(CCC[C@H](C)c3cccc4ccccc34)Oc3cc(F)ccc32)cc1. The van der Waals surface area contributed by atoms with Crippen LogP contribution in [0.2, 0.25) is 0 Å². The molecule has 1 unspecified atom stereocenters. The van der Waals surface area contributed by atoms with Crippen molar-refractivity contribution in [1.82, 2.24) is 0 Å². The summed E-state index contributed by atoms with van der Waals surface area (Å²) in [7, 11) is 1.33. The molecule has 4 aromatic carbocycles. The number of benzene rings is 4. The van der Waals surface area contributed by atoms with Crippen molar-refractivity contribution in [2.45, 2.75) is 38.2 Å². The maximum Gasteiger partial charge on any atom is 0.343 e. The zero-order valence-electron chi connectivity index (χ0n) is 21.7. The lowest BCUT2D eigenvalue weighted by molar-refractivity contribution is -0.142. The van der Waals surface area contributed by atoms with Crippen LogP contribution in [-0.4, -0.2) is 32.3 Å². The van der Waals surface area contributed by atoms with E-state index in [0.717, 1.165) is 30.6 Å². The van der Waals surface area contributed by atoms with Gasteiger partial charge >= 0.3 is 5.97 Å². The van der Waals surface area contributed by atoms with Gasteiger partial charge in [-0.15, -0.1) is 0 Å². The lowest BCUT2D eigenvalue weighted by atomic mass is 9.90. The minimum absolute atomic E-state index is 0.0701. The van der Waals surface area contributed by atoms with Gasteiger partial charge in [0.2, 0.25) is 0 Å². The number of esters is 1. The topological polar surface area (TPSA) is 48.0 Å². The predicted molar refractivity (Wildman–Crippen MR) is 148 cm³/mol. The summed E-state index contributed by atoms with van der Waals surface area (Å²) in [4.78, 5) is 13.5. The summed E-state index contributed by atoms with van der Waals surface area (Å²) in [5.41, 5.74) is 3.15. The highest BCUT2D eigenvalue weighted by atomic mass is 19.1. The van der Waals surface area contributed by atoms with E-state index >= 15 is 0 Å². The smallest absolute Gasteiger partial charge is 0.343 e. The molecule has 6 heteroatoms. The van der Waals surface area contributed by atoms with Crippen molar-refractivity contribution in [3.63, 3.8) is 0 Å². The van der Waals surface area contributed by atoms with Gasteiger partial charge in [-0.3, -0.25) is 0 Å². The Balaban J connectivity index is 1.27. The minimum atomic E-state index is -0.434. The first-order valence-corrected chi connectivity index (χ1v) is 13.0. The number of halogens is 1. The molecular formula is C32H32FNO4. The maximum atomic E-state index is 14.1. The molecule has 5 rings (SSSR count). The van der Waals surface area contributed by atoms with Gasteiger partial charge in [-0.05, 0) is 77.9 Å². The summed E-state index contributed by atoms with van der Waals surface area (Å²) < 4.78 is 30.5. The molecule has 2 atom stereocenters. The quantitative estimate of drug-likeness (QED) is 0.218. The monoisotopic (exact) mass is 513 g/mol. The largest absolute Gasteiger partial charge is 0.486 e. The summed E-state index contributed by atoms with van der Waals surface area (Å²) in [5, 5.41) is 2.58. The van der Waals surface area contributed by atoms with Gasteiger partial charge in [-0.25, -0.2) is 9.18 Å². The number of carbonyl (C=O) groups excluding carboxylic acids is 1. The number of ether oxygens (including phenoxy) is 3. The van der Waals surface area contributed by atoms with Crippen LogP contribution in [0.1, 0.15) is 37.7 Å². The molecule has 0 radical (unpaired) electrons. The number of methoxy groups -OCH3 is 1. The van der Waals surface area contributed by atoms with Crippen LogP contribution in [0, 0.1) is 5.82 Å². The Morgan fingerprint density at radius 1 is 1.05 bits per heavy atom. The normalized spacial score (nSPS) is 15.4. The molecule has 0 spiro atoms. The maximum absolute atomic E-state index is 14.1. The van der Waals surface area contributed by atoms with Crippen molar-refractivity contribution >= 4 is 28.1 Å². The molecule has 1 heterocycles. The number of anilines is 2. The molecule has 5 nitrogen and oxygen atoms in total. The van der Waals surface area contributed by atoms with E-state index in [-0.39, 0.29) is 18.5 Å². The van der Waals surface area contributed by atoms with Crippen molar-refractivity contribution in [3.05, 3.63) is 96.3 Å². The predicted octanol–water partition coefficient (Wildman–Crippen LogP) is 7.40. The first-order valence-electron chi connectivity index (χ1n) is 13.0. The standard InChI is InChI=1S/C32H32FNO4/c1-22(28-12-6-9-23-8-3-4-11-29(23)28)7-5-10-27-20-34(30-18-13-24(33)19-31(30)38-27)25-14-16-26(17-15-25)37-21-32(35)36-2/h3-4,6,8-9,11-19,22,27H,5,7,10,20-21H2,1-2H3/t22-,27?/m0/s1. The lowest BCUT2D eigenvalue weighted by Crippen LogP contribution is -2.37. The molecule has 0 N–H and O–H groups in total. The summed E-state index contributed by atoms with van der Waals surface area (Å²) in [6.45, 7) is 2.79. The zero-order valence-corrected chi connectivity index (χ0v) is 21.7.